The van der Waals surface area contributed by atoms with Gasteiger partial charge in [-0.05, 0) is 64.9 Å². The van der Waals surface area contributed by atoms with Gasteiger partial charge in [0.2, 0.25) is 0 Å². The number of nitrogens with one attached hydrogen (secondary N) is 1. The molecule has 0 aliphatic heterocycles. The van der Waals surface area contributed by atoms with Gasteiger partial charge in [-0.2, -0.15) is 0 Å². The number of hydrogen-bond donors (Lipinski definition) is 1. The van der Waals surface area contributed by atoms with Crippen molar-refractivity contribution in [3.63, 3.8) is 0 Å². The molecule has 2 atom stereocenters. The van der Waals surface area contributed by atoms with E-state index < -0.39 is 0 Å². The van der Waals surface area contributed by atoms with E-state index in [2.05, 4.69) is 71.1 Å². The summed E-state index contributed by atoms with van der Waals surface area (Å²) in [7, 11) is 4.31. The molecule has 0 aromatic heterocycles. The molecule has 0 aliphatic rings. The fraction of sp³-hybridized carbons (Fsp3) is 0.667. The number of rotatable bonds is 7. The maximum absolute atomic E-state index is 3.51. The van der Waals surface area contributed by atoms with Crippen molar-refractivity contribution in [2.45, 2.75) is 59.5 Å². The van der Waals surface area contributed by atoms with Crippen molar-refractivity contribution >= 4 is 0 Å². The molecule has 2 nitrogen and oxygen atoms in total. The average molecular weight is 276 g/mol. The molecule has 0 spiro atoms. The highest BCUT2D eigenvalue weighted by molar-refractivity contribution is 5.39. The van der Waals surface area contributed by atoms with Gasteiger partial charge in [0.1, 0.15) is 0 Å². The summed E-state index contributed by atoms with van der Waals surface area (Å²) in [6, 6.07) is 5.63. The van der Waals surface area contributed by atoms with Gasteiger partial charge in [0.05, 0.1) is 0 Å². The summed E-state index contributed by atoms with van der Waals surface area (Å²) in [6.45, 7) is 12.3. The highest BCUT2D eigenvalue weighted by Crippen LogP contribution is 2.24. The third-order valence-corrected chi connectivity index (χ3v) is 4.36. The minimum absolute atomic E-state index is 0.403. The minimum atomic E-state index is 0.403. The van der Waals surface area contributed by atoms with Crippen molar-refractivity contribution in [3.8, 4) is 0 Å². The lowest BCUT2D eigenvalue weighted by Gasteiger charge is -2.30. The van der Waals surface area contributed by atoms with Crippen LogP contribution in [-0.2, 0) is 0 Å². The Bertz CT molecular complexity index is 402. The molecule has 2 unspecified atom stereocenters. The molecule has 0 radical (unpaired) electrons. The van der Waals surface area contributed by atoms with Crippen LogP contribution in [0.25, 0.3) is 0 Å². The van der Waals surface area contributed by atoms with Gasteiger partial charge in [0.15, 0.2) is 0 Å². The Hall–Kier alpha value is -0.860. The van der Waals surface area contributed by atoms with Gasteiger partial charge in [-0.25, -0.2) is 0 Å². The van der Waals surface area contributed by atoms with E-state index in [0.717, 1.165) is 6.54 Å². The lowest BCUT2D eigenvalue weighted by atomic mass is 9.93. The molecular formula is C18H32N2. The van der Waals surface area contributed by atoms with E-state index in [1.165, 1.54) is 35.1 Å². The van der Waals surface area contributed by atoms with Gasteiger partial charge in [0.25, 0.3) is 0 Å². The van der Waals surface area contributed by atoms with Crippen LogP contribution in [0.15, 0.2) is 12.1 Å². The Morgan fingerprint density at radius 3 is 2.15 bits per heavy atom. The number of benzene rings is 1. The second-order valence-corrected chi connectivity index (χ2v) is 6.23. The van der Waals surface area contributed by atoms with Gasteiger partial charge in [-0.1, -0.05) is 31.0 Å². The summed E-state index contributed by atoms with van der Waals surface area (Å²) >= 11 is 0. The smallest absolute Gasteiger partial charge is 0.0452 e. The predicted octanol–water partition coefficient (Wildman–Crippen LogP) is 3.99. The molecule has 0 aliphatic carbocycles. The molecule has 0 saturated carbocycles. The van der Waals surface area contributed by atoms with Crippen molar-refractivity contribution in [1.29, 1.82) is 0 Å². The van der Waals surface area contributed by atoms with E-state index in [4.69, 9.17) is 0 Å². The molecular weight excluding hydrogens is 244 g/mol. The van der Waals surface area contributed by atoms with Gasteiger partial charge >= 0.3 is 0 Å². The largest absolute Gasteiger partial charge is 0.312 e. The van der Waals surface area contributed by atoms with Crippen LogP contribution in [0.4, 0.5) is 0 Å². The Morgan fingerprint density at radius 2 is 1.70 bits per heavy atom. The minimum Gasteiger partial charge on any atom is -0.312 e. The Labute approximate surface area is 125 Å². The van der Waals surface area contributed by atoms with Crippen molar-refractivity contribution < 1.29 is 0 Å². The summed E-state index contributed by atoms with van der Waals surface area (Å²) < 4.78 is 0. The number of aryl methyl sites for hydroxylation is 3. The van der Waals surface area contributed by atoms with Crippen LogP contribution < -0.4 is 5.32 Å². The van der Waals surface area contributed by atoms with E-state index in [1.54, 1.807) is 0 Å². The van der Waals surface area contributed by atoms with Crippen molar-refractivity contribution in [2.24, 2.45) is 0 Å². The highest BCUT2D eigenvalue weighted by Gasteiger charge is 2.19. The van der Waals surface area contributed by atoms with E-state index in [-0.39, 0.29) is 0 Å². The number of nitrogens with zero attached hydrogens (tertiary/aromatic N) is 1. The fourth-order valence-corrected chi connectivity index (χ4v) is 3.17. The van der Waals surface area contributed by atoms with Crippen LogP contribution in [0.5, 0.6) is 0 Å². The molecule has 20 heavy (non-hydrogen) atoms. The Kier molecular flexibility index (Phi) is 6.70. The van der Waals surface area contributed by atoms with Crippen molar-refractivity contribution in [3.05, 3.63) is 34.4 Å². The molecule has 0 amide bonds. The normalized spacial score (nSPS) is 14.6. The standard InChI is InChI=1S/C18H32N2/c1-8-9-16(5)20(7)12-17(19-6)18-14(3)10-13(2)11-15(18)4/h10-11,16-17,19H,8-9,12H2,1-7H3. The van der Waals surface area contributed by atoms with Crippen LogP contribution >= 0.6 is 0 Å². The molecule has 114 valence electrons. The van der Waals surface area contributed by atoms with Gasteiger partial charge in [-0.15, -0.1) is 0 Å². The summed E-state index contributed by atoms with van der Waals surface area (Å²) in [5.74, 6) is 0. The zero-order chi connectivity index (χ0) is 15.3. The Morgan fingerprint density at radius 1 is 1.15 bits per heavy atom. The van der Waals surface area contributed by atoms with Crippen LogP contribution in [0.3, 0.4) is 0 Å². The third-order valence-electron chi connectivity index (χ3n) is 4.36. The second-order valence-electron chi connectivity index (χ2n) is 6.23. The quantitative estimate of drug-likeness (QED) is 0.810. The lowest BCUT2D eigenvalue weighted by molar-refractivity contribution is 0.221. The van der Waals surface area contributed by atoms with Crippen molar-refractivity contribution in [2.75, 3.05) is 20.6 Å². The van der Waals surface area contributed by atoms with Crippen LogP contribution in [0, 0.1) is 20.8 Å². The highest BCUT2D eigenvalue weighted by atomic mass is 15.1. The van der Waals surface area contributed by atoms with Crippen LogP contribution in [0.2, 0.25) is 0 Å². The molecule has 1 aromatic rings. The van der Waals surface area contributed by atoms with E-state index in [0.29, 0.717) is 12.1 Å². The molecule has 0 heterocycles. The molecule has 0 saturated heterocycles. The fourth-order valence-electron chi connectivity index (χ4n) is 3.17. The zero-order valence-corrected chi connectivity index (χ0v) is 14.4. The molecule has 2 heteroatoms. The second kappa shape index (κ2) is 7.80. The summed E-state index contributed by atoms with van der Waals surface area (Å²) in [6.07, 6.45) is 2.51. The first kappa shape index (κ1) is 17.2. The molecule has 0 bridgehead atoms. The summed E-state index contributed by atoms with van der Waals surface area (Å²) in [5, 5.41) is 3.51. The SMILES string of the molecule is CCCC(C)N(C)CC(NC)c1c(C)cc(C)cc1C. The molecule has 1 aromatic carbocycles. The predicted molar refractivity (Wildman–Crippen MR) is 89.5 cm³/mol. The first-order chi connectivity index (χ1) is 9.40. The molecule has 1 N–H and O–H groups in total. The van der Waals surface area contributed by atoms with Crippen molar-refractivity contribution in [1.82, 2.24) is 10.2 Å². The van der Waals surface area contributed by atoms with Crippen LogP contribution in [-0.4, -0.2) is 31.6 Å². The van der Waals surface area contributed by atoms with Gasteiger partial charge in [0, 0.05) is 18.6 Å². The Balaban J connectivity index is 2.91. The first-order valence-corrected chi connectivity index (χ1v) is 7.85. The zero-order valence-electron chi connectivity index (χ0n) is 14.4. The molecule has 1 rings (SSSR count). The lowest BCUT2D eigenvalue weighted by Crippen LogP contribution is -2.37. The topological polar surface area (TPSA) is 15.3 Å². The average Bonchev–Trinajstić information content (AvgIpc) is 2.36. The van der Waals surface area contributed by atoms with E-state index in [9.17, 15) is 0 Å². The van der Waals surface area contributed by atoms with E-state index in [1.807, 2.05) is 0 Å². The number of hydrogen-bond acceptors (Lipinski definition) is 2. The molecule has 0 fully saturated rings. The van der Waals surface area contributed by atoms with E-state index >= 15 is 0 Å². The summed E-state index contributed by atoms with van der Waals surface area (Å²) in [4.78, 5) is 2.48. The third kappa shape index (κ3) is 4.32. The van der Waals surface area contributed by atoms with Gasteiger partial charge < -0.3 is 10.2 Å². The maximum Gasteiger partial charge on any atom is 0.0452 e. The monoisotopic (exact) mass is 276 g/mol. The number of likely N-dealkylation sites (N-methyl/N-ethyl adjacent to an activating group) is 2. The maximum atomic E-state index is 3.51. The summed E-state index contributed by atoms with van der Waals surface area (Å²) in [5.41, 5.74) is 5.62. The van der Waals surface area contributed by atoms with Gasteiger partial charge in [-0.3, -0.25) is 0 Å². The first-order valence-electron chi connectivity index (χ1n) is 7.85. The van der Waals surface area contributed by atoms with Crippen LogP contribution in [0.1, 0.15) is 55.0 Å².